The van der Waals surface area contributed by atoms with Crippen LogP contribution in [0.1, 0.15) is 63.7 Å². The van der Waals surface area contributed by atoms with Gasteiger partial charge in [-0.3, -0.25) is 0 Å². The molecule has 1 aliphatic rings. The fourth-order valence-corrected chi connectivity index (χ4v) is 3.29. The first kappa shape index (κ1) is 21.6. The third-order valence-corrected chi connectivity index (χ3v) is 5.28. The maximum absolute atomic E-state index is 11.9. The van der Waals surface area contributed by atoms with Gasteiger partial charge in [0.25, 0.3) is 0 Å². The van der Waals surface area contributed by atoms with Crippen LogP contribution < -0.4 is 0 Å². The lowest BCUT2D eigenvalue weighted by molar-refractivity contribution is -0.153. The molecule has 2 rings (SSSR count). The van der Waals surface area contributed by atoms with Crippen LogP contribution in [0.15, 0.2) is 42.0 Å². The molecule has 150 valence electrons. The molecule has 2 N–H and O–H groups in total. The summed E-state index contributed by atoms with van der Waals surface area (Å²) in [6.45, 7) is 7.55. The van der Waals surface area contributed by atoms with E-state index in [1.165, 1.54) is 0 Å². The first-order chi connectivity index (χ1) is 12.6. The average molecular weight is 376 g/mol. The van der Waals surface area contributed by atoms with Crippen molar-refractivity contribution in [2.75, 3.05) is 6.61 Å². The lowest BCUT2D eigenvalue weighted by Gasteiger charge is -2.33. The van der Waals surface area contributed by atoms with Crippen LogP contribution in [0.25, 0.3) is 0 Å². The zero-order valence-electron chi connectivity index (χ0n) is 16.8. The van der Waals surface area contributed by atoms with Crippen molar-refractivity contribution >= 4 is 5.97 Å². The van der Waals surface area contributed by atoms with E-state index in [4.69, 9.17) is 9.47 Å². The van der Waals surface area contributed by atoms with Crippen LogP contribution in [0.3, 0.4) is 0 Å². The molecule has 1 saturated heterocycles. The highest BCUT2D eigenvalue weighted by Gasteiger charge is 2.46. The first-order valence-electron chi connectivity index (χ1n) is 9.58. The molecule has 0 unspecified atom stereocenters. The fourth-order valence-electron chi connectivity index (χ4n) is 3.29. The van der Waals surface area contributed by atoms with E-state index in [1.54, 1.807) is 38.1 Å². The van der Waals surface area contributed by atoms with Crippen LogP contribution in [0.5, 0.6) is 0 Å². The number of rotatable bonds is 8. The van der Waals surface area contributed by atoms with Gasteiger partial charge in [-0.25, -0.2) is 4.79 Å². The Hall–Kier alpha value is -1.69. The summed E-state index contributed by atoms with van der Waals surface area (Å²) in [5.74, 6) is -0.343. The smallest absolute Gasteiger partial charge is 0.338 e. The Balaban J connectivity index is 1.76. The number of carbonyl (C=O) groups is 1. The van der Waals surface area contributed by atoms with Gasteiger partial charge in [0.1, 0.15) is 6.61 Å². The molecule has 1 heterocycles. The lowest BCUT2D eigenvalue weighted by atomic mass is 9.90. The van der Waals surface area contributed by atoms with Gasteiger partial charge in [-0.15, -0.1) is 0 Å². The molecule has 0 amide bonds. The Morgan fingerprint density at radius 2 is 2.07 bits per heavy atom. The Labute approximate surface area is 162 Å². The molecule has 5 heteroatoms. The number of aliphatic hydroxyl groups excluding tert-OH is 1. The molecule has 1 fully saturated rings. The summed E-state index contributed by atoms with van der Waals surface area (Å²) in [4.78, 5) is 11.9. The van der Waals surface area contributed by atoms with E-state index in [1.807, 2.05) is 26.0 Å². The Kier molecular flexibility index (Phi) is 7.20. The summed E-state index contributed by atoms with van der Waals surface area (Å²) in [7, 11) is 0. The van der Waals surface area contributed by atoms with Crippen molar-refractivity contribution < 1.29 is 24.5 Å². The highest BCUT2D eigenvalue weighted by atomic mass is 16.5. The van der Waals surface area contributed by atoms with Crippen molar-refractivity contribution in [3.05, 3.63) is 47.5 Å². The third kappa shape index (κ3) is 6.16. The number of benzene rings is 1. The molecule has 3 atom stereocenters. The summed E-state index contributed by atoms with van der Waals surface area (Å²) >= 11 is 0. The predicted molar refractivity (Wildman–Crippen MR) is 105 cm³/mol. The summed E-state index contributed by atoms with van der Waals surface area (Å²) < 4.78 is 11.2. The predicted octanol–water partition coefficient (Wildman–Crippen LogP) is 3.64. The summed E-state index contributed by atoms with van der Waals surface area (Å²) in [5, 5.41) is 20.7. The van der Waals surface area contributed by atoms with Gasteiger partial charge >= 0.3 is 5.97 Å². The maximum Gasteiger partial charge on any atom is 0.338 e. The molecule has 5 nitrogen and oxygen atoms in total. The van der Waals surface area contributed by atoms with E-state index in [2.05, 4.69) is 0 Å². The first-order valence-corrected chi connectivity index (χ1v) is 9.58. The Bertz CT molecular complexity index is 646. The lowest BCUT2D eigenvalue weighted by Crippen LogP contribution is -2.43. The fraction of sp³-hybridized carbons (Fsp3) is 0.591. The van der Waals surface area contributed by atoms with Crippen LogP contribution in [-0.2, 0) is 9.47 Å². The Morgan fingerprint density at radius 1 is 1.41 bits per heavy atom. The SMILES string of the molecule is C/C(=C\COC(=O)c1ccccc1)CC[C@H](O)[C@@]1(C)CC[C@H](C(C)(C)O)O1. The van der Waals surface area contributed by atoms with Gasteiger partial charge in [0.05, 0.1) is 29.0 Å². The molecule has 1 aliphatic heterocycles. The van der Waals surface area contributed by atoms with E-state index in [-0.39, 0.29) is 18.7 Å². The van der Waals surface area contributed by atoms with E-state index >= 15 is 0 Å². The number of aliphatic hydroxyl groups is 2. The summed E-state index contributed by atoms with van der Waals surface area (Å²) in [6.07, 6.45) is 3.71. The third-order valence-electron chi connectivity index (χ3n) is 5.28. The standard InChI is InChI=1S/C22H32O5/c1-16(13-15-26-20(24)17-8-6-5-7-9-17)10-11-18(23)22(4)14-12-19(27-22)21(2,3)25/h5-9,13,18-19,23,25H,10-12,14-15H2,1-4H3/b16-13+/t18-,19+,22+/m0/s1. The minimum Gasteiger partial charge on any atom is -0.458 e. The number of allylic oxidation sites excluding steroid dienone is 1. The molecular formula is C22H32O5. The molecular weight excluding hydrogens is 344 g/mol. The second-order valence-corrected chi connectivity index (χ2v) is 8.18. The molecule has 27 heavy (non-hydrogen) atoms. The van der Waals surface area contributed by atoms with Crippen LogP contribution in [0, 0.1) is 0 Å². The molecule has 0 spiro atoms. The molecule has 1 aromatic carbocycles. The van der Waals surface area contributed by atoms with Crippen molar-refractivity contribution in [3.8, 4) is 0 Å². The second kappa shape index (κ2) is 9.00. The Morgan fingerprint density at radius 3 is 2.67 bits per heavy atom. The summed E-state index contributed by atoms with van der Waals surface area (Å²) in [5.41, 5.74) is 0.0443. The zero-order valence-corrected chi connectivity index (χ0v) is 16.8. The summed E-state index contributed by atoms with van der Waals surface area (Å²) in [6, 6.07) is 8.89. The molecule has 0 radical (unpaired) electrons. The van der Waals surface area contributed by atoms with Crippen molar-refractivity contribution in [2.24, 2.45) is 0 Å². The highest BCUT2D eigenvalue weighted by molar-refractivity contribution is 5.89. The van der Waals surface area contributed by atoms with Gasteiger partial charge in [0.15, 0.2) is 0 Å². The number of carbonyl (C=O) groups excluding carboxylic acids is 1. The normalized spacial score (nSPS) is 24.7. The van der Waals surface area contributed by atoms with Crippen molar-refractivity contribution in [2.45, 2.75) is 76.8 Å². The molecule has 1 aromatic rings. The number of esters is 1. The van der Waals surface area contributed by atoms with Gasteiger partial charge in [-0.1, -0.05) is 23.8 Å². The highest BCUT2D eigenvalue weighted by Crippen LogP contribution is 2.38. The van der Waals surface area contributed by atoms with Gasteiger partial charge in [0, 0.05) is 0 Å². The topological polar surface area (TPSA) is 76.0 Å². The van der Waals surface area contributed by atoms with E-state index in [0.717, 1.165) is 18.4 Å². The van der Waals surface area contributed by atoms with Gasteiger partial charge < -0.3 is 19.7 Å². The molecule has 0 saturated carbocycles. The minimum atomic E-state index is -0.907. The van der Waals surface area contributed by atoms with Crippen LogP contribution >= 0.6 is 0 Å². The monoisotopic (exact) mass is 376 g/mol. The van der Waals surface area contributed by atoms with E-state index in [0.29, 0.717) is 18.4 Å². The van der Waals surface area contributed by atoms with Gasteiger partial charge in [0.2, 0.25) is 0 Å². The van der Waals surface area contributed by atoms with Gasteiger partial charge in [-0.2, -0.15) is 0 Å². The second-order valence-electron chi connectivity index (χ2n) is 8.18. The zero-order chi connectivity index (χ0) is 20.1. The van der Waals surface area contributed by atoms with Crippen LogP contribution in [0.4, 0.5) is 0 Å². The minimum absolute atomic E-state index is 0.212. The molecule has 0 bridgehead atoms. The largest absolute Gasteiger partial charge is 0.458 e. The quantitative estimate of drug-likeness (QED) is 0.535. The van der Waals surface area contributed by atoms with Crippen LogP contribution in [-0.4, -0.2) is 46.2 Å². The molecule has 0 aliphatic carbocycles. The average Bonchev–Trinajstić information content (AvgIpc) is 3.04. The molecule has 0 aromatic heterocycles. The van der Waals surface area contributed by atoms with E-state index in [9.17, 15) is 15.0 Å². The van der Waals surface area contributed by atoms with Crippen molar-refractivity contribution in [3.63, 3.8) is 0 Å². The number of ether oxygens (including phenoxy) is 2. The maximum atomic E-state index is 11.9. The van der Waals surface area contributed by atoms with E-state index < -0.39 is 17.3 Å². The van der Waals surface area contributed by atoms with Gasteiger partial charge in [-0.05, 0) is 71.6 Å². The number of hydrogen-bond donors (Lipinski definition) is 2. The number of hydrogen-bond acceptors (Lipinski definition) is 5. The van der Waals surface area contributed by atoms with Crippen molar-refractivity contribution in [1.29, 1.82) is 0 Å². The van der Waals surface area contributed by atoms with Crippen molar-refractivity contribution in [1.82, 2.24) is 0 Å². The van der Waals surface area contributed by atoms with Crippen LogP contribution in [0.2, 0.25) is 0 Å².